The van der Waals surface area contributed by atoms with E-state index in [4.69, 9.17) is 4.99 Å². The number of hydrogen-bond acceptors (Lipinski definition) is 2. The zero-order valence-electron chi connectivity index (χ0n) is 10.4. The Morgan fingerprint density at radius 1 is 1.06 bits per heavy atom. The number of nitrogens with zero attached hydrogens (tertiary/aromatic N) is 1. The van der Waals surface area contributed by atoms with Crippen LogP contribution in [0.1, 0.15) is 64.7 Å². The fourth-order valence-corrected chi connectivity index (χ4v) is 3.03. The third-order valence-corrected chi connectivity index (χ3v) is 3.99. The van der Waals surface area contributed by atoms with Crippen LogP contribution >= 0.6 is 0 Å². The van der Waals surface area contributed by atoms with Crippen LogP contribution in [0.3, 0.4) is 0 Å². The van der Waals surface area contributed by atoms with Crippen molar-refractivity contribution in [1.29, 1.82) is 0 Å². The maximum Gasteiger partial charge on any atom is 0.138 e. The van der Waals surface area contributed by atoms with Gasteiger partial charge in [0, 0.05) is 11.8 Å². The van der Waals surface area contributed by atoms with Gasteiger partial charge in [0.25, 0.3) is 0 Å². The number of Topliss-reactive ketones (excluding diaryl/α,β-unsaturated/α-hetero) is 1. The highest BCUT2D eigenvalue weighted by atomic mass is 16.1. The summed E-state index contributed by atoms with van der Waals surface area (Å²) in [4.78, 5) is 16.5. The van der Waals surface area contributed by atoms with Crippen molar-refractivity contribution < 1.29 is 4.79 Å². The van der Waals surface area contributed by atoms with Gasteiger partial charge in [-0.15, -0.1) is 0 Å². The van der Waals surface area contributed by atoms with E-state index >= 15 is 0 Å². The third kappa shape index (κ3) is 2.93. The first-order valence-electron chi connectivity index (χ1n) is 6.84. The van der Waals surface area contributed by atoms with Gasteiger partial charge >= 0.3 is 0 Å². The van der Waals surface area contributed by atoms with Gasteiger partial charge in [0.05, 0.1) is 5.92 Å². The van der Waals surface area contributed by atoms with Crippen molar-refractivity contribution in [3.8, 4) is 0 Å². The van der Waals surface area contributed by atoms with Crippen molar-refractivity contribution in [2.24, 2.45) is 10.9 Å². The molecule has 2 nitrogen and oxygen atoms in total. The Morgan fingerprint density at radius 3 is 2.44 bits per heavy atom. The van der Waals surface area contributed by atoms with Crippen LogP contribution in [0.5, 0.6) is 0 Å². The zero-order valence-corrected chi connectivity index (χ0v) is 10.4. The Morgan fingerprint density at radius 2 is 1.75 bits per heavy atom. The van der Waals surface area contributed by atoms with Gasteiger partial charge in [-0.2, -0.15) is 0 Å². The molecule has 0 spiro atoms. The fourth-order valence-electron chi connectivity index (χ4n) is 3.03. The second-order valence-corrected chi connectivity index (χ2v) is 5.32. The van der Waals surface area contributed by atoms with E-state index in [1.54, 1.807) is 6.92 Å². The number of rotatable bonds is 2. The SMILES string of the molecule is CC(=O)C1CCCCC1=NC1CCCCC1. The molecule has 2 fully saturated rings. The maximum atomic E-state index is 11.6. The summed E-state index contributed by atoms with van der Waals surface area (Å²) in [6, 6.07) is 0.531. The van der Waals surface area contributed by atoms with Gasteiger partial charge in [-0.1, -0.05) is 25.7 Å². The Labute approximate surface area is 98.5 Å². The van der Waals surface area contributed by atoms with E-state index in [0.29, 0.717) is 11.8 Å². The molecule has 0 saturated heterocycles. The zero-order chi connectivity index (χ0) is 11.4. The van der Waals surface area contributed by atoms with Gasteiger partial charge < -0.3 is 0 Å². The van der Waals surface area contributed by atoms with E-state index in [-0.39, 0.29) is 5.92 Å². The largest absolute Gasteiger partial charge is 0.299 e. The number of aliphatic imine (C=N–C) groups is 1. The van der Waals surface area contributed by atoms with Crippen LogP contribution in [0.2, 0.25) is 0 Å². The molecule has 2 saturated carbocycles. The first-order valence-corrected chi connectivity index (χ1v) is 6.84. The highest BCUT2D eigenvalue weighted by Crippen LogP contribution is 2.26. The molecule has 2 aliphatic carbocycles. The highest BCUT2D eigenvalue weighted by Gasteiger charge is 2.25. The van der Waals surface area contributed by atoms with Crippen LogP contribution in [0.25, 0.3) is 0 Å². The Bertz CT molecular complexity index is 276. The molecule has 0 aromatic carbocycles. The second kappa shape index (κ2) is 5.60. The van der Waals surface area contributed by atoms with Crippen LogP contribution < -0.4 is 0 Å². The molecule has 1 unspecified atom stereocenters. The molecule has 0 aromatic rings. The number of carbonyl (C=O) groups excluding carboxylic acids is 1. The minimum absolute atomic E-state index is 0.163. The molecule has 0 N–H and O–H groups in total. The van der Waals surface area contributed by atoms with Crippen LogP contribution in [0.4, 0.5) is 0 Å². The summed E-state index contributed by atoms with van der Waals surface area (Å²) in [7, 11) is 0. The lowest BCUT2D eigenvalue weighted by molar-refractivity contribution is -0.119. The highest BCUT2D eigenvalue weighted by molar-refractivity contribution is 6.04. The van der Waals surface area contributed by atoms with Crippen LogP contribution in [-0.2, 0) is 4.79 Å². The normalized spacial score (nSPS) is 30.6. The minimum Gasteiger partial charge on any atom is -0.299 e. The van der Waals surface area contributed by atoms with E-state index in [9.17, 15) is 4.79 Å². The van der Waals surface area contributed by atoms with Crippen molar-refractivity contribution in [1.82, 2.24) is 0 Å². The predicted octanol–water partition coefficient (Wildman–Crippen LogP) is 3.54. The summed E-state index contributed by atoms with van der Waals surface area (Å²) in [5, 5.41) is 0. The maximum absolute atomic E-state index is 11.6. The Kier molecular flexibility index (Phi) is 4.14. The molecule has 0 amide bonds. The topological polar surface area (TPSA) is 29.4 Å². The lowest BCUT2D eigenvalue weighted by Gasteiger charge is -2.25. The van der Waals surface area contributed by atoms with Gasteiger partial charge in [0.15, 0.2) is 0 Å². The summed E-state index contributed by atoms with van der Waals surface area (Å²) in [6.07, 6.45) is 11.1. The second-order valence-electron chi connectivity index (χ2n) is 5.32. The van der Waals surface area contributed by atoms with E-state index in [1.165, 1.54) is 50.7 Å². The van der Waals surface area contributed by atoms with Crippen molar-refractivity contribution >= 4 is 11.5 Å². The van der Waals surface area contributed by atoms with Gasteiger partial charge in [0.1, 0.15) is 5.78 Å². The summed E-state index contributed by atoms with van der Waals surface area (Å²) in [5.74, 6) is 0.491. The number of carbonyl (C=O) groups is 1. The first kappa shape index (κ1) is 11.8. The van der Waals surface area contributed by atoms with Gasteiger partial charge in [-0.25, -0.2) is 0 Å². The molecule has 0 bridgehead atoms. The molecule has 2 aliphatic rings. The van der Waals surface area contributed by atoms with Crippen molar-refractivity contribution in [3.05, 3.63) is 0 Å². The summed E-state index contributed by atoms with van der Waals surface area (Å²) < 4.78 is 0. The molecular formula is C14H23NO. The molecule has 2 heteroatoms. The molecule has 1 atom stereocenters. The van der Waals surface area contributed by atoms with Crippen LogP contribution in [-0.4, -0.2) is 17.5 Å². The van der Waals surface area contributed by atoms with Crippen LogP contribution in [0, 0.1) is 5.92 Å². The standard InChI is InChI=1S/C14H23NO/c1-11(16)13-9-5-6-10-14(13)15-12-7-3-2-4-8-12/h12-13H,2-10H2,1H3. The molecule has 0 aromatic heterocycles. The van der Waals surface area contributed by atoms with Gasteiger partial charge in [-0.05, 0) is 39.0 Å². The lowest BCUT2D eigenvalue weighted by Crippen LogP contribution is -2.27. The lowest BCUT2D eigenvalue weighted by atomic mass is 9.84. The average molecular weight is 221 g/mol. The van der Waals surface area contributed by atoms with Crippen LogP contribution in [0.15, 0.2) is 4.99 Å². The number of ketones is 1. The minimum atomic E-state index is 0.163. The number of hydrogen-bond donors (Lipinski definition) is 0. The molecule has 2 rings (SSSR count). The Hall–Kier alpha value is -0.660. The van der Waals surface area contributed by atoms with Crippen molar-refractivity contribution in [3.63, 3.8) is 0 Å². The average Bonchev–Trinajstić information content (AvgIpc) is 2.31. The van der Waals surface area contributed by atoms with Crippen molar-refractivity contribution in [2.45, 2.75) is 70.8 Å². The van der Waals surface area contributed by atoms with E-state index < -0.39 is 0 Å². The molecular weight excluding hydrogens is 198 g/mol. The Balaban J connectivity index is 2.03. The van der Waals surface area contributed by atoms with E-state index in [2.05, 4.69) is 0 Å². The summed E-state index contributed by atoms with van der Waals surface area (Å²) in [6.45, 7) is 1.73. The summed E-state index contributed by atoms with van der Waals surface area (Å²) in [5.41, 5.74) is 1.23. The first-order chi connectivity index (χ1) is 7.77. The third-order valence-electron chi connectivity index (χ3n) is 3.99. The monoisotopic (exact) mass is 221 g/mol. The van der Waals surface area contributed by atoms with Crippen molar-refractivity contribution in [2.75, 3.05) is 0 Å². The quantitative estimate of drug-likeness (QED) is 0.701. The summed E-state index contributed by atoms with van der Waals surface area (Å²) >= 11 is 0. The smallest absolute Gasteiger partial charge is 0.138 e. The van der Waals surface area contributed by atoms with E-state index in [1.807, 2.05) is 0 Å². The molecule has 0 heterocycles. The predicted molar refractivity (Wildman–Crippen MR) is 66.9 cm³/mol. The van der Waals surface area contributed by atoms with Gasteiger partial charge in [-0.3, -0.25) is 9.79 Å². The fraction of sp³-hybridized carbons (Fsp3) is 0.857. The molecule has 0 radical (unpaired) electrons. The molecule has 90 valence electrons. The molecule has 16 heavy (non-hydrogen) atoms. The molecule has 0 aliphatic heterocycles. The van der Waals surface area contributed by atoms with E-state index in [0.717, 1.165) is 12.8 Å². The van der Waals surface area contributed by atoms with Gasteiger partial charge in [0.2, 0.25) is 0 Å².